The molecule has 0 aromatic heterocycles. The smallest absolute Gasteiger partial charge is 0.237 e. The van der Waals surface area contributed by atoms with E-state index in [4.69, 9.17) is 0 Å². The van der Waals surface area contributed by atoms with Crippen LogP contribution in [0.5, 0.6) is 0 Å². The Labute approximate surface area is 110 Å². The minimum Gasteiger partial charge on any atom is -0.352 e. The predicted molar refractivity (Wildman–Crippen MR) is 73.4 cm³/mol. The third-order valence-electron chi connectivity index (χ3n) is 4.65. The van der Waals surface area contributed by atoms with Crippen molar-refractivity contribution in [2.24, 2.45) is 5.92 Å². The van der Waals surface area contributed by atoms with E-state index < -0.39 is 0 Å². The van der Waals surface area contributed by atoms with Gasteiger partial charge in [0.1, 0.15) is 0 Å². The molecule has 18 heavy (non-hydrogen) atoms. The fraction of sp³-hybridized carbons (Fsp3) is 0.929. The molecule has 0 aromatic rings. The zero-order chi connectivity index (χ0) is 13.1. The van der Waals surface area contributed by atoms with Gasteiger partial charge in [0.2, 0.25) is 5.91 Å². The van der Waals surface area contributed by atoms with E-state index in [-0.39, 0.29) is 11.9 Å². The number of amides is 1. The summed E-state index contributed by atoms with van der Waals surface area (Å²) in [4.78, 5) is 14.5. The molecule has 0 bridgehead atoms. The number of carbonyl (C=O) groups excluding carboxylic acids is 1. The van der Waals surface area contributed by atoms with Gasteiger partial charge in [-0.25, -0.2) is 0 Å². The zero-order valence-corrected chi connectivity index (χ0v) is 11.9. The van der Waals surface area contributed by atoms with E-state index in [1.54, 1.807) is 0 Å². The molecule has 1 unspecified atom stereocenters. The van der Waals surface area contributed by atoms with Crippen molar-refractivity contribution >= 4 is 5.91 Å². The second kappa shape index (κ2) is 6.02. The van der Waals surface area contributed by atoms with Crippen LogP contribution in [-0.2, 0) is 4.79 Å². The van der Waals surface area contributed by atoms with Crippen LogP contribution in [0.1, 0.15) is 40.0 Å². The highest BCUT2D eigenvalue weighted by molar-refractivity contribution is 5.81. The van der Waals surface area contributed by atoms with Gasteiger partial charge in [0.25, 0.3) is 0 Å². The number of fused-ring (bicyclic) bond motifs is 1. The van der Waals surface area contributed by atoms with Gasteiger partial charge in [-0.15, -0.1) is 0 Å². The van der Waals surface area contributed by atoms with Crippen molar-refractivity contribution in [3.05, 3.63) is 0 Å². The summed E-state index contributed by atoms with van der Waals surface area (Å²) in [6.45, 7) is 9.56. The molecule has 2 saturated heterocycles. The molecule has 2 rings (SSSR count). The maximum Gasteiger partial charge on any atom is 0.237 e. The average Bonchev–Trinajstić information content (AvgIpc) is 2.95. The van der Waals surface area contributed by atoms with E-state index in [1.807, 2.05) is 6.92 Å². The molecular weight excluding hydrogens is 226 g/mol. The maximum atomic E-state index is 12.2. The summed E-state index contributed by atoms with van der Waals surface area (Å²) in [6.07, 6.45) is 3.30. The van der Waals surface area contributed by atoms with Crippen molar-refractivity contribution in [1.82, 2.24) is 15.5 Å². The Balaban J connectivity index is 1.84. The van der Waals surface area contributed by atoms with E-state index >= 15 is 0 Å². The molecule has 2 heterocycles. The van der Waals surface area contributed by atoms with Crippen LogP contribution in [0.2, 0.25) is 0 Å². The lowest BCUT2D eigenvalue weighted by Crippen LogP contribution is -2.48. The van der Waals surface area contributed by atoms with Crippen LogP contribution in [0.4, 0.5) is 0 Å². The number of carbonyl (C=O) groups is 1. The molecular formula is C14H27N3O. The SMILES string of the molecule is CCC(CC)NC(=O)C(C)N1C[C@@H]2CCN[C@@H]2C1. The molecule has 0 saturated carbocycles. The van der Waals surface area contributed by atoms with Crippen molar-refractivity contribution in [2.75, 3.05) is 19.6 Å². The van der Waals surface area contributed by atoms with Gasteiger partial charge in [-0.1, -0.05) is 13.8 Å². The Hall–Kier alpha value is -0.610. The molecule has 0 spiro atoms. The Morgan fingerprint density at radius 3 is 2.72 bits per heavy atom. The topological polar surface area (TPSA) is 44.4 Å². The third-order valence-corrected chi connectivity index (χ3v) is 4.65. The van der Waals surface area contributed by atoms with Gasteiger partial charge in [0, 0.05) is 25.2 Å². The summed E-state index contributed by atoms with van der Waals surface area (Å²) in [5, 5.41) is 6.69. The highest BCUT2D eigenvalue weighted by Gasteiger charge is 2.39. The first-order valence-corrected chi connectivity index (χ1v) is 7.43. The van der Waals surface area contributed by atoms with Crippen LogP contribution in [0.15, 0.2) is 0 Å². The van der Waals surface area contributed by atoms with Crippen molar-refractivity contribution in [3.63, 3.8) is 0 Å². The van der Waals surface area contributed by atoms with E-state index in [0.29, 0.717) is 12.1 Å². The second-order valence-electron chi connectivity index (χ2n) is 5.76. The monoisotopic (exact) mass is 253 g/mol. The van der Waals surface area contributed by atoms with Gasteiger partial charge in [-0.3, -0.25) is 9.69 Å². The van der Waals surface area contributed by atoms with Gasteiger partial charge in [-0.05, 0) is 38.6 Å². The van der Waals surface area contributed by atoms with Crippen molar-refractivity contribution in [2.45, 2.75) is 58.2 Å². The standard InChI is InChI=1S/C14H27N3O/c1-4-12(5-2)16-14(18)10(3)17-8-11-6-7-15-13(11)9-17/h10-13,15H,4-9H2,1-3H3,(H,16,18)/t10?,11-,13+/m0/s1. The lowest BCUT2D eigenvalue weighted by Gasteiger charge is -2.26. The molecule has 2 aliphatic heterocycles. The summed E-state index contributed by atoms with van der Waals surface area (Å²) in [6, 6.07) is 0.964. The van der Waals surface area contributed by atoms with Gasteiger partial charge in [0.05, 0.1) is 6.04 Å². The van der Waals surface area contributed by atoms with Gasteiger partial charge < -0.3 is 10.6 Å². The Bertz CT molecular complexity index is 279. The third kappa shape index (κ3) is 2.86. The van der Waals surface area contributed by atoms with Crippen LogP contribution in [0, 0.1) is 5.92 Å². The second-order valence-corrected chi connectivity index (χ2v) is 5.76. The number of likely N-dealkylation sites (tertiary alicyclic amines) is 1. The summed E-state index contributed by atoms with van der Waals surface area (Å²) < 4.78 is 0. The molecule has 0 radical (unpaired) electrons. The molecule has 2 N–H and O–H groups in total. The fourth-order valence-electron chi connectivity index (χ4n) is 3.18. The van der Waals surface area contributed by atoms with E-state index in [0.717, 1.165) is 38.4 Å². The van der Waals surface area contributed by atoms with Crippen molar-refractivity contribution < 1.29 is 4.79 Å². The Kier molecular flexibility index (Phi) is 4.62. The largest absolute Gasteiger partial charge is 0.352 e. The van der Waals surface area contributed by atoms with E-state index in [2.05, 4.69) is 29.4 Å². The Morgan fingerprint density at radius 2 is 2.11 bits per heavy atom. The molecule has 0 aromatic carbocycles. The highest BCUT2D eigenvalue weighted by atomic mass is 16.2. The lowest BCUT2D eigenvalue weighted by molar-refractivity contribution is -0.126. The van der Waals surface area contributed by atoms with Crippen LogP contribution < -0.4 is 10.6 Å². The molecule has 0 aliphatic carbocycles. The highest BCUT2D eigenvalue weighted by Crippen LogP contribution is 2.26. The maximum absolute atomic E-state index is 12.2. The zero-order valence-electron chi connectivity index (χ0n) is 11.9. The van der Waals surface area contributed by atoms with Gasteiger partial charge in [0.15, 0.2) is 0 Å². The normalized spacial score (nSPS) is 29.6. The quantitative estimate of drug-likeness (QED) is 0.767. The number of rotatable bonds is 5. The lowest BCUT2D eigenvalue weighted by atomic mass is 10.1. The Morgan fingerprint density at radius 1 is 1.39 bits per heavy atom. The van der Waals surface area contributed by atoms with Crippen molar-refractivity contribution in [3.8, 4) is 0 Å². The summed E-state index contributed by atoms with van der Waals surface area (Å²) in [7, 11) is 0. The minimum absolute atomic E-state index is 0.0120. The summed E-state index contributed by atoms with van der Waals surface area (Å²) in [5.41, 5.74) is 0. The predicted octanol–water partition coefficient (Wildman–Crippen LogP) is 0.973. The van der Waals surface area contributed by atoms with Crippen molar-refractivity contribution in [1.29, 1.82) is 0 Å². The van der Waals surface area contributed by atoms with E-state index in [1.165, 1.54) is 6.42 Å². The molecule has 2 fully saturated rings. The number of hydrogen-bond donors (Lipinski definition) is 2. The summed E-state index contributed by atoms with van der Waals surface area (Å²) >= 11 is 0. The molecule has 2 aliphatic rings. The first kappa shape index (κ1) is 13.8. The molecule has 4 nitrogen and oxygen atoms in total. The van der Waals surface area contributed by atoms with Crippen LogP contribution in [0.25, 0.3) is 0 Å². The van der Waals surface area contributed by atoms with E-state index in [9.17, 15) is 4.79 Å². The minimum atomic E-state index is 0.0120. The van der Waals surface area contributed by atoms with Crippen LogP contribution >= 0.6 is 0 Å². The first-order chi connectivity index (χ1) is 8.65. The van der Waals surface area contributed by atoms with Gasteiger partial charge in [-0.2, -0.15) is 0 Å². The van der Waals surface area contributed by atoms with Crippen LogP contribution in [0.3, 0.4) is 0 Å². The molecule has 1 amide bonds. The average molecular weight is 253 g/mol. The number of nitrogens with zero attached hydrogens (tertiary/aromatic N) is 1. The molecule has 3 atom stereocenters. The number of nitrogens with one attached hydrogen (secondary N) is 2. The molecule has 104 valence electrons. The van der Waals surface area contributed by atoms with Gasteiger partial charge >= 0.3 is 0 Å². The van der Waals surface area contributed by atoms with Crippen LogP contribution in [-0.4, -0.2) is 48.6 Å². The first-order valence-electron chi connectivity index (χ1n) is 7.43. The molecule has 4 heteroatoms. The summed E-state index contributed by atoms with van der Waals surface area (Å²) in [5.74, 6) is 0.956. The number of hydrogen-bond acceptors (Lipinski definition) is 3. The fourth-order valence-corrected chi connectivity index (χ4v) is 3.18.